The third kappa shape index (κ3) is 7.15. The van der Waals surface area contributed by atoms with Crippen molar-refractivity contribution in [2.45, 2.75) is 18.4 Å². The van der Waals surface area contributed by atoms with Gasteiger partial charge >= 0.3 is 0 Å². The van der Waals surface area contributed by atoms with E-state index in [1.54, 1.807) is 30.3 Å². The van der Waals surface area contributed by atoms with E-state index in [4.69, 9.17) is 0 Å². The van der Waals surface area contributed by atoms with Gasteiger partial charge in [-0.25, -0.2) is 13.1 Å². The lowest BCUT2D eigenvalue weighted by Gasteiger charge is -2.22. The largest absolute Gasteiger partial charge is 0.357 e. The lowest BCUT2D eigenvalue weighted by Crippen LogP contribution is -2.39. The molecule has 0 aliphatic heterocycles. The lowest BCUT2D eigenvalue weighted by atomic mass is 10.4. The van der Waals surface area contributed by atoms with Crippen LogP contribution in [0.25, 0.3) is 0 Å². The zero-order chi connectivity index (χ0) is 19.0. The Balaban J connectivity index is 0.00000364. The Kier molecular flexibility index (Phi) is 9.81. The maximum atomic E-state index is 12.2. The molecule has 0 spiro atoms. The zero-order valence-corrected chi connectivity index (χ0v) is 19.1. The SMILES string of the molecule is CCNC(=NCCNS(=O)(=O)c1ccccc1)N(C)Cc1cccn1C.I. The number of aromatic nitrogens is 1. The molecule has 0 saturated heterocycles. The number of guanidine groups is 1. The van der Waals surface area contributed by atoms with Gasteiger partial charge in [-0.1, -0.05) is 18.2 Å². The summed E-state index contributed by atoms with van der Waals surface area (Å²) in [7, 11) is 0.472. The van der Waals surface area contributed by atoms with Gasteiger partial charge in [-0.3, -0.25) is 4.99 Å². The number of aliphatic imine (C=N–C) groups is 1. The topological polar surface area (TPSA) is 78.7 Å². The van der Waals surface area contributed by atoms with E-state index in [0.29, 0.717) is 13.1 Å². The highest BCUT2D eigenvalue weighted by Gasteiger charge is 2.12. The van der Waals surface area contributed by atoms with Crippen LogP contribution in [0.5, 0.6) is 0 Å². The molecular formula is C18H28IN5O2S. The molecule has 1 aromatic heterocycles. The first-order valence-corrected chi connectivity index (χ1v) is 10.1. The van der Waals surface area contributed by atoms with Crippen molar-refractivity contribution < 1.29 is 8.42 Å². The summed E-state index contributed by atoms with van der Waals surface area (Å²) in [5.74, 6) is 0.743. The standard InChI is InChI=1S/C18H27N5O2S.HI/c1-4-19-18(23(3)15-16-9-8-14-22(16)2)20-12-13-21-26(24,25)17-10-6-5-7-11-17;/h5-11,14,21H,4,12-13,15H2,1-3H3,(H,19,20);1H. The van der Waals surface area contributed by atoms with Gasteiger partial charge in [-0.2, -0.15) is 0 Å². The Bertz CT molecular complexity index is 821. The van der Waals surface area contributed by atoms with Crippen molar-refractivity contribution in [3.05, 3.63) is 54.4 Å². The first-order chi connectivity index (χ1) is 12.4. The number of nitrogens with zero attached hydrogens (tertiary/aromatic N) is 3. The van der Waals surface area contributed by atoms with Crippen molar-refractivity contribution in [3.8, 4) is 0 Å². The summed E-state index contributed by atoms with van der Waals surface area (Å²) in [5.41, 5.74) is 1.17. The molecule has 1 heterocycles. The molecule has 150 valence electrons. The summed E-state index contributed by atoms with van der Waals surface area (Å²) in [6.07, 6.45) is 2.01. The Morgan fingerprint density at radius 3 is 2.48 bits per heavy atom. The minimum Gasteiger partial charge on any atom is -0.357 e. The Morgan fingerprint density at radius 2 is 1.89 bits per heavy atom. The molecule has 27 heavy (non-hydrogen) atoms. The molecule has 2 rings (SSSR count). The molecule has 0 saturated carbocycles. The van der Waals surface area contributed by atoms with Gasteiger partial charge in [0.1, 0.15) is 0 Å². The highest BCUT2D eigenvalue weighted by Crippen LogP contribution is 2.06. The molecule has 2 N–H and O–H groups in total. The molecule has 0 aliphatic rings. The van der Waals surface area contributed by atoms with E-state index >= 15 is 0 Å². The minimum atomic E-state index is -3.49. The highest BCUT2D eigenvalue weighted by molar-refractivity contribution is 14.0. The van der Waals surface area contributed by atoms with E-state index in [0.717, 1.165) is 12.5 Å². The van der Waals surface area contributed by atoms with Crippen LogP contribution >= 0.6 is 24.0 Å². The van der Waals surface area contributed by atoms with Crippen molar-refractivity contribution in [2.75, 3.05) is 26.7 Å². The van der Waals surface area contributed by atoms with E-state index in [2.05, 4.69) is 25.7 Å². The van der Waals surface area contributed by atoms with Gasteiger partial charge in [-0.15, -0.1) is 24.0 Å². The number of halogens is 1. The minimum absolute atomic E-state index is 0. The summed E-state index contributed by atoms with van der Waals surface area (Å²) in [6.45, 7) is 4.05. The van der Waals surface area contributed by atoms with E-state index in [1.807, 2.05) is 38.2 Å². The predicted octanol–water partition coefficient (Wildman–Crippen LogP) is 2.02. The molecular weight excluding hydrogens is 477 g/mol. The number of benzene rings is 1. The summed E-state index contributed by atoms with van der Waals surface area (Å²) >= 11 is 0. The van der Waals surface area contributed by atoms with Crippen LogP contribution in [0.15, 0.2) is 58.5 Å². The van der Waals surface area contributed by atoms with Gasteiger partial charge in [0.05, 0.1) is 18.0 Å². The first-order valence-electron chi connectivity index (χ1n) is 8.58. The third-order valence-electron chi connectivity index (χ3n) is 3.87. The molecule has 0 unspecified atom stereocenters. The Hall–Kier alpha value is -1.59. The molecule has 9 heteroatoms. The molecule has 7 nitrogen and oxygen atoms in total. The maximum Gasteiger partial charge on any atom is 0.240 e. The van der Waals surface area contributed by atoms with Crippen molar-refractivity contribution in [3.63, 3.8) is 0 Å². The number of hydrogen-bond donors (Lipinski definition) is 2. The number of nitrogens with one attached hydrogen (secondary N) is 2. The second-order valence-corrected chi connectivity index (χ2v) is 7.68. The van der Waals surface area contributed by atoms with Crippen molar-refractivity contribution in [1.82, 2.24) is 19.5 Å². The van der Waals surface area contributed by atoms with Crippen LogP contribution < -0.4 is 10.0 Å². The zero-order valence-electron chi connectivity index (χ0n) is 15.9. The summed E-state index contributed by atoms with van der Waals surface area (Å²) < 4.78 is 29.0. The normalized spacial score (nSPS) is 11.7. The number of sulfonamides is 1. The monoisotopic (exact) mass is 505 g/mol. The van der Waals surface area contributed by atoms with E-state index in [1.165, 1.54) is 5.69 Å². The highest BCUT2D eigenvalue weighted by atomic mass is 127. The number of aryl methyl sites for hydroxylation is 1. The molecule has 0 atom stereocenters. The summed E-state index contributed by atoms with van der Waals surface area (Å²) in [4.78, 5) is 6.79. The van der Waals surface area contributed by atoms with Gasteiger partial charge in [0.15, 0.2) is 5.96 Å². The van der Waals surface area contributed by atoms with Crippen molar-refractivity contribution in [2.24, 2.45) is 12.0 Å². The third-order valence-corrected chi connectivity index (χ3v) is 5.34. The van der Waals surface area contributed by atoms with Crippen LogP contribution in [0.2, 0.25) is 0 Å². The van der Waals surface area contributed by atoms with Crippen LogP contribution in [0, 0.1) is 0 Å². The summed E-state index contributed by atoms with van der Waals surface area (Å²) in [5, 5.41) is 3.23. The van der Waals surface area contributed by atoms with Crippen LogP contribution in [-0.2, 0) is 23.6 Å². The number of rotatable bonds is 8. The Morgan fingerprint density at radius 1 is 1.19 bits per heavy atom. The van der Waals surface area contributed by atoms with Gasteiger partial charge in [0.25, 0.3) is 0 Å². The molecule has 0 bridgehead atoms. The summed E-state index contributed by atoms with van der Waals surface area (Å²) in [6, 6.07) is 12.4. The van der Waals surface area contributed by atoms with Gasteiger partial charge < -0.3 is 14.8 Å². The van der Waals surface area contributed by atoms with Gasteiger partial charge in [0, 0.05) is 39.1 Å². The van der Waals surface area contributed by atoms with Crippen molar-refractivity contribution in [1.29, 1.82) is 0 Å². The first kappa shape index (κ1) is 23.4. The average molecular weight is 505 g/mol. The second kappa shape index (κ2) is 11.3. The molecule has 0 fully saturated rings. The fourth-order valence-electron chi connectivity index (χ4n) is 2.47. The van der Waals surface area contributed by atoms with Crippen LogP contribution in [0.1, 0.15) is 12.6 Å². The average Bonchev–Trinajstić information content (AvgIpc) is 3.03. The van der Waals surface area contributed by atoms with Crippen molar-refractivity contribution >= 4 is 40.0 Å². The van der Waals surface area contributed by atoms with Gasteiger partial charge in [-0.05, 0) is 31.2 Å². The van der Waals surface area contributed by atoms with E-state index in [9.17, 15) is 8.42 Å². The molecule has 0 amide bonds. The molecule has 0 radical (unpaired) electrons. The van der Waals surface area contributed by atoms with E-state index in [-0.39, 0.29) is 35.4 Å². The van der Waals surface area contributed by atoms with Crippen LogP contribution in [0.3, 0.4) is 0 Å². The van der Waals surface area contributed by atoms with E-state index < -0.39 is 10.0 Å². The fourth-order valence-corrected chi connectivity index (χ4v) is 3.52. The number of hydrogen-bond acceptors (Lipinski definition) is 3. The predicted molar refractivity (Wildman–Crippen MR) is 120 cm³/mol. The second-order valence-electron chi connectivity index (χ2n) is 5.91. The smallest absolute Gasteiger partial charge is 0.240 e. The van der Waals surface area contributed by atoms with Gasteiger partial charge in [0.2, 0.25) is 10.0 Å². The molecule has 0 aliphatic carbocycles. The Labute approximate surface area is 178 Å². The fraction of sp³-hybridized carbons (Fsp3) is 0.389. The quantitative estimate of drug-likeness (QED) is 0.249. The lowest BCUT2D eigenvalue weighted by molar-refractivity contribution is 0.462. The van der Waals surface area contributed by atoms with Crippen LogP contribution in [0.4, 0.5) is 0 Å². The molecule has 2 aromatic rings. The van der Waals surface area contributed by atoms with Crippen LogP contribution in [-0.4, -0.2) is 50.5 Å². The molecule has 1 aromatic carbocycles. The maximum absolute atomic E-state index is 12.2.